The highest BCUT2D eigenvalue weighted by atomic mass is 28.3. The number of urea groups is 1. The summed E-state index contributed by atoms with van der Waals surface area (Å²) in [4.78, 5) is 44.5. The quantitative estimate of drug-likeness (QED) is 0.191. The molecule has 3 aromatic rings. The summed E-state index contributed by atoms with van der Waals surface area (Å²) in [7, 11) is 1.89. The molecule has 2 aliphatic rings. The number of aryl methyl sites for hydroxylation is 1. The van der Waals surface area contributed by atoms with Crippen LogP contribution in [0.1, 0.15) is 42.0 Å². The minimum atomic E-state index is -1.84. The topological polar surface area (TPSA) is 114 Å². The first-order valence-electron chi connectivity index (χ1n) is 14.0. The third-order valence-corrected chi connectivity index (χ3v) is 11.8. The van der Waals surface area contributed by atoms with Crippen LogP contribution in [0.4, 0.5) is 4.79 Å². The van der Waals surface area contributed by atoms with Crippen LogP contribution in [0, 0.1) is 0 Å². The van der Waals surface area contributed by atoms with Gasteiger partial charge in [-0.15, -0.1) is 0 Å². The van der Waals surface area contributed by atoms with Crippen molar-refractivity contribution in [3.05, 3.63) is 62.9 Å². The Morgan fingerprint density at radius 3 is 2.67 bits per heavy atom. The van der Waals surface area contributed by atoms with Crippen molar-refractivity contribution in [2.24, 2.45) is 0 Å². The van der Waals surface area contributed by atoms with E-state index in [4.69, 9.17) is 9.72 Å². The summed E-state index contributed by atoms with van der Waals surface area (Å²) in [6, 6.07) is 12.0. The lowest BCUT2D eigenvalue weighted by Crippen LogP contribution is -2.44. The number of hydrogen-bond donors (Lipinski definition) is 2. The van der Waals surface area contributed by atoms with Crippen molar-refractivity contribution in [3.63, 3.8) is 0 Å². The first-order chi connectivity index (χ1) is 19.0. The first-order valence-corrected chi connectivity index (χ1v) is 17.4. The van der Waals surface area contributed by atoms with Crippen molar-refractivity contribution in [3.8, 4) is 11.4 Å². The Bertz CT molecular complexity index is 1560. The molecular formula is C30H38N4O5Si. The van der Waals surface area contributed by atoms with Crippen molar-refractivity contribution >= 4 is 31.0 Å². The van der Waals surface area contributed by atoms with Crippen molar-refractivity contribution in [2.75, 3.05) is 20.6 Å². The molecule has 1 aromatic carbocycles. The van der Waals surface area contributed by atoms with Crippen LogP contribution in [0.25, 0.3) is 22.3 Å². The smallest absolute Gasteiger partial charge is 0.343 e. The number of rotatable bonds is 8. The van der Waals surface area contributed by atoms with Crippen molar-refractivity contribution in [1.29, 1.82) is 0 Å². The number of ether oxygens (including phenoxy) is 1. The number of amides is 2. The van der Waals surface area contributed by atoms with Gasteiger partial charge in [0, 0.05) is 45.2 Å². The Labute approximate surface area is 235 Å². The molecule has 0 fully saturated rings. The van der Waals surface area contributed by atoms with E-state index in [0.717, 1.165) is 47.1 Å². The summed E-state index contributed by atoms with van der Waals surface area (Å²) < 4.78 is 6.93. The third kappa shape index (κ3) is 4.83. The largest absolute Gasteiger partial charge is 0.458 e. The maximum atomic E-state index is 13.6. The molecule has 0 saturated carbocycles. The van der Waals surface area contributed by atoms with E-state index in [1.165, 1.54) is 5.56 Å². The maximum absolute atomic E-state index is 13.6. The van der Waals surface area contributed by atoms with Gasteiger partial charge < -0.3 is 24.6 Å². The van der Waals surface area contributed by atoms with Crippen molar-refractivity contribution < 1.29 is 19.4 Å². The fourth-order valence-corrected chi connectivity index (χ4v) is 8.22. The van der Waals surface area contributed by atoms with E-state index < -0.39 is 19.6 Å². The van der Waals surface area contributed by atoms with Crippen LogP contribution in [-0.4, -0.2) is 60.3 Å². The number of nitrogens with zero attached hydrogens (tertiary/aromatic N) is 3. The number of carbonyl (C=O) groups is 2. The van der Waals surface area contributed by atoms with Gasteiger partial charge >= 0.3 is 12.0 Å². The molecule has 4 heterocycles. The average Bonchev–Trinajstić information content (AvgIpc) is 3.30. The van der Waals surface area contributed by atoms with Crippen molar-refractivity contribution in [1.82, 2.24) is 19.8 Å². The summed E-state index contributed by atoms with van der Waals surface area (Å²) in [5.41, 5.74) is 3.09. The van der Waals surface area contributed by atoms with Gasteiger partial charge in [-0.1, -0.05) is 50.3 Å². The molecule has 0 bridgehead atoms. The number of hydrogen-bond acceptors (Lipinski definition) is 6. The van der Waals surface area contributed by atoms with Gasteiger partial charge in [0.1, 0.15) is 6.61 Å². The second-order valence-electron chi connectivity index (χ2n) is 11.9. The van der Waals surface area contributed by atoms with E-state index in [9.17, 15) is 19.5 Å². The van der Waals surface area contributed by atoms with Crippen LogP contribution in [-0.2, 0) is 34.7 Å². The predicted molar refractivity (Wildman–Crippen MR) is 157 cm³/mol. The summed E-state index contributed by atoms with van der Waals surface area (Å²) in [6.07, 6.45) is 1.93. The van der Waals surface area contributed by atoms with Gasteiger partial charge in [-0.2, -0.15) is 0 Å². The van der Waals surface area contributed by atoms with E-state index in [0.29, 0.717) is 29.9 Å². The molecule has 1 atom stereocenters. The Hall–Kier alpha value is -3.50. The number of esters is 1. The molecular weight excluding hydrogens is 524 g/mol. The highest BCUT2D eigenvalue weighted by molar-refractivity contribution is 6.77. The summed E-state index contributed by atoms with van der Waals surface area (Å²) in [6.45, 7) is 7.42. The average molecular weight is 563 g/mol. The standard InChI is InChI=1S/C30H38N4O5Si/c1-6-30(38)23-16-25-26-21(17-34(25)27(35)22(23)18-39-28(30)36)19(20-10-7-8-11-24(20)32-26)12-15-40(4,5)14-9-13-31-29(37)33(2)3/h7-8,10-11,16,38H,6,9,12-15,17-18H2,1-5H3,(H,31,37)/t30-/m0/s1. The first kappa shape index (κ1) is 28.0. The zero-order chi connectivity index (χ0) is 28.8. The van der Waals surface area contributed by atoms with E-state index >= 15 is 0 Å². The molecule has 0 spiro atoms. The molecule has 212 valence electrons. The molecule has 0 unspecified atom stereocenters. The SMILES string of the molecule is CC[C@@]1(O)C(=O)OCc2c1cc1n(c2=O)Cc2c-1nc1ccccc1c2CC[Si](C)(C)CCCNC(=O)N(C)C. The van der Waals surface area contributed by atoms with Crippen LogP contribution < -0.4 is 10.9 Å². The number of fused-ring (bicyclic) bond motifs is 5. The minimum absolute atomic E-state index is 0.0666. The third-order valence-electron chi connectivity index (χ3n) is 8.48. The molecule has 2 N–H and O–H groups in total. The monoisotopic (exact) mass is 562 g/mol. The molecule has 0 saturated heterocycles. The fourth-order valence-electron chi connectivity index (χ4n) is 5.91. The molecule has 10 heteroatoms. The zero-order valence-electron chi connectivity index (χ0n) is 24.0. The molecule has 0 aliphatic carbocycles. The predicted octanol–water partition coefficient (Wildman–Crippen LogP) is 3.99. The van der Waals surface area contributed by atoms with E-state index in [2.05, 4.69) is 24.5 Å². The van der Waals surface area contributed by atoms with E-state index in [-0.39, 0.29) is 24.6 Å². The Balaban J connectivity index is 1.48. The Kier molecular flexibility index (Phi) is 7.34. The molecule has 2 aliphatic heterocycles. The number of cyclic esters (lactones) is 1. The van der Waals surface area contributed by atoms with Gasteiger partial charge in [-0.25, -0.2) is 14.6 Å². The Morgan fingerprint density at radius 2 is 1.95 bits per heavy atom. The lowest BCUT2D eigenvalue weighted by Gasteiger charge is -2.31. The van der Waals surface area contributed by atoms with Gasteiger partial charge in [-0.05, 0) is 37.0 Å². The normalized spacial score (nSPS) is 17.7. The van der Waals surface area contributed by atoms with Gasteiger partial charge in [0.25, 0.3) is 5.56 Å². The maximum Gasteiger partial charge on any atom is 0.343 e. The second kappa shape index (κ2) is 10.5. The van der Waals surface area contributed by atoms with Crippen molar-refractivity contribution in [2.45, 2.75) is 70.1 Å². The zero-order valence-corrected chi connectivity index (χ0v) is 25.0. The number of nitrogens with one attached hydrogen (secondary N) is 1. The highest BCUT2D eigenvalue weighted by Gasteiger charge is 2.45. The van der Waals surface area contributed by atoms with Gasteiger partial charge in [0.2, 0.25) is 0 Å². The Morgan fingerprint density at radius 1 is 1.20 bits per heavy atom. The molecule has 0 radical (unpaired) electrons. The molecule has 2 amide bonds. The van der Waals surface area contributed by atoms with Gasteiger partial charge in [0.05, 0.1) is 29.0 Å². The molecule has 5 rings (SSSR count). The number of aliphatic hydroxyl groups is 1. The summed E-state index contributed by atoms with van der Waals surface area (Å²) in [5, 5.41) is 15.2. The second-order valence-corrected chi connectivity index (χ2v) is 17.3. The summed E-state index contributed by atoms with van der Waals surface area (Å²) >= 11 is 0. The van der Waals surface area contributed by atoms with Crippen LogP contribution in [0.15, 0.2) is 35.1 Å². The summed E-state index contributed by atoms with van der Waals surface area (Å²) in [5.74, 6) is -0.717. The number of aromatic nitrogens is 2. The minimum Gasteiger partial charge on any atom is -0.458 e. The highest BCUT2D eigenvalue weighted by Crippen LogP contribution is 2.40. The van der Waals surface area contributed by atoms with Gasteiger partial charge in [-0.3, -0.25) is 4.79 Å². The fraction of sp³-hybridized carbons (Fsp3) is 0.467. The van der Waals surface area contributed by atoms with Crippen LogP contribution in [0.3, 0.4) is 0 Å². The molecule has 9 nitrogen and oxygen atoms in total. The lowest BCUT2D eigenvalue weighted by molar-refractivity contribution is -0.172. The molecule has 2 aromatic heterocycles. The number of pyridine rings is 2. The lowest BCUT2D eigenvalue weighted by atomic mass is 9.86. The van der Waals surface area contributed by atoms with E-state index in [1.54, 1.807) is 36.6 Å². The molecule has 40 heavy (non-hydrogen) atoms. The number of para-hydroxylation sites is 1. The van der Waals surface area contributed by atoms with Crippen LogP contribution >= 0.6 is 0 Å². The van der Waals surface area contributed by atoms with Crippen LogP contribution in [0.2, 0.25) is 25.2 Å². The van der Waals surface area contributed by atoms with Gasteiger partial charge in [0.15, 0.2) is 5.60 Å². The van der Waals surface area contributed by atoms with Crippen LogP contribution in [0.5, 0.6) is 0 Å². The number of benzene rings is 1. The van der Waals surface area contributed by atoms with E-state index in [1.807, 2.05) is 18.2 Å². The number of carbonyl (C=O) groups excluding carboxylic acids is 2.